The number of hydrogen-bond acceptors (Lipinski definition) is 5. The van der Waals surface area contributed by atoms with Gasteiger partial charge in [0.1, 0.15) is 17.7 Å². The summed E-state index contributed by atoms with van der Waals surface area (Å²) >= 11 is 0. The third kappa shape index (κ3) is 6.99. The Bertz CT molecular complexity index is 1370. The van der Waals surface area contributed by atoms with Crippen molar-refractivity contribution >= 4 is 34.4 Å². The lowest BCUT2D eigenvalue weighted by Crippen LogP contribution is -2.58. The summed E-state index contributed by atoms with van der Waals surface area (Å²) in [4.78, 5) is 42.2. The van der Waals surface area contributed by atoms with E-state index in [1.165, 1.54) is 0 Å². The molecule has 1 saturated carbocycles. The van der Waals surface area contributed by atoms with Gasteiger partial charge >= 0.3 is 6.09 Å². The fourth-order valence-electron chi connectivity index (χ4n) is 5.08. The third-order valence-electron chi connectivity index (χ3n) is 7.00. The molecule has 0 aliphatic heterocycles. The molecule has 4 rings (SSSR count). The van der Waals surface area contributed by atoms with E-state index in [0.717, 1.165) is 41.2 Å². The molecule has 0 bridgehead atoms. The fourth-order valence-corrected chi connectivity index (χ4v) is 5.08. The van der Waals surface area contributed by atoms with Crippen LogP contribution in [0.25, 0.3) is 10.8 Å². The summed E-state index contributed by atoms with van der Waals surface area (Å²) in [5, 5.41) is 17.7. The first-order chi connectivity index (χ1) is 18.9. The number of nitrogens with zero attached hydrogens (tertiary/aromatic N) is 1. The summed E-state index contributed by atoms with van der Waals surface area (Å²) in [6.07, 6.45) is 1.56. The van der Waals surface area contributed by atoms with Crippen molar-refractivity contribution in [2.24, 2.45) is 0 Å². The van der Waals surface area contributed by atoms with Crippen LogP contribution in [0.5, 0.6) is 0 Å². The Morgan fingerprint density at radius 3 is 2.20 bits per heavy atom. The number of amides is 3. The van der Waals surface area contributed by atoms with Gasteiger partial charge in [-0.1, -0.05) is 59.7 Å². The van der Waals surface area contributed by atoms with Crippen LogP contribution < -0.4 is 10.6 Å². The zero-order valence-corrected chi connectivity index (χ0v) is 23.9. The van der Waals surface area contributed by atoms with Gasteiger partial charge in [-0.25, -0.2) is 4.79 Å². The topological polar surface area (TPSA) is 108 Å². The molecule has 0 radical (unpaired) electrons. The molecule has 2 atom stereocenters. The van der Waals surface area contributed by atoms with Crippen molar-refractivity contribution in [1.82, 2.24) is 10.2 Å². The highest BCUT2D eigenvalue weighted by atomic mass is 16.6. The number of aliphatic hydroxyl groups is 1. The van der Waals surface area contributed by atoms with E-state index < -0.39 is 36.3 Å². The molecule has 1 aliphatic rings. The minimum atomic E-state index is -1.27. The molecule has 3 aromatic carbocycles. The fraction of sp³-hybridized carbons (Fsp3) is 0.406. The molecule has 8 heteroatoms. The van der Waals surface area contributed by atoms with Gasteiger partial charge in [0.15, 0.2) is 0 Å². The summed E-state index contributed by atoms with van der Waals surface area (Å²) in [6.45, 7) is 8.42. The Morgan fingerprint density at radius 2 is 1.62 bits per heavy atom. The Labute approximate surface area is 235 Å². The van der Waals surface area contributed by atoms with Crippen LogP contribution in [0.4, 0.5) is 10.5 Å². The summed E-state index contributed by atoms with van der Waals surface area (Å²) < 4.78 is 5.33. The second-order valence-electron chi connectivity index (χ2n) is 11.6. The van der Waals surface area contributed by atoms with E-state index in [2.05, 4.69) is 10.6 Å². The molecule has 3 aromatic rings. The van der Waals surface area contributed by atoms with Crippen molar-refractivity contribution in [1.29, 1.82) is 0 Å². The molecule has 0 aromatic heterocycles. The smallest absolute Gasteiger partial charge is 0.408 e. The monoisotopic (exact) mass is 545 g/mol. The molecular weight excluding hydrogens is 506 g/mol. The van der Waals surface area contributed by atoms with Crippen LogP contribution in [0.3, 0.4) is 0 Å². The Morgan fingerprint density at radius 1 is 0.975 bits per heavy atom. The zero-order chi connectivity index (χ0) is 29.0. The van der Waals surface area contributed by atoms with E-state index in [9.17, 15) is 19.5 Å². The maximum Gasteiger partial charge on any atom is 0.408 e. The number of rotatable bonds is 8. The largest absolute Gasteiger partial charge is 0.444 e. The lowest BCUT2D eigenvalue weighted by atomic mass is 9.87. The molecule has 0 heterocycles. The molecule has 3 amide bonds. The average molecular weight is 546 g/mol. The molecule has 2 unspecified atom stereocenters. The van der Waals surface area contributed by atoms with Crippen LogP contribution in [0.15, 0.2) is 60.7 Å². The van der Waals surface area contributed by atoms with Crippen molar-refractivity contribution in [3.8, 4) is 0 Å². The number of anilines is 1. The van der Waals surface area contributed by atoms with Crippen LogP contribution in [0.2, 0.25) is 0 Å². The van der Waals surface area contributed by atoms with Crippen molar-refractivity contribution in [2.45, 2.75) is 77.6 Å². The number of hydrogen-bond donors (Lipinski definition) is 3. The van der Waals surface area contributed by atoms with Crippen LogP contribution in [0.1, 0.15) is 62.8 Å². The van der Waals surface area contributed by atoms with Gasteiger partial charge in [-0.15, -0.1) is 0 Å². The van der Waals surface area contributed by atoms with E-state index in [1.54, 1.807) is 25.7 Å². The molecule has 0 saturated heterocycles. The minimum Gasteiger partial charge on any atom is -0.444 e. The molecule has 8 nitrogen and oxygen atoms in total. The van der Waals surface area contributed by atoms with Crippen LogP contribution in [-0.2, 0) is 14.3 Å². The van der Waals surface area contributed by atoms with Gasteiger partial charge in [-0.3, -0.25) is 9.59 Å². The predicted octanol–water partition coefficient (Wildman–Crippen LogP) is 5.40. The minimum absolute atomic E-state index is 0.213. The number of aryl methyl sites for hydroxylation is 2. The lowest BCUT2D eigenvalue weighted by Gasteiger charge is -2.43. The Kier molecular flexibility index (Phi) is 8.79. The SMILES string of the molecule is Cc1cc(C)cc(C(C(=O)Nc2ccc3ccccc3c2)N(C(=O)C(CO)NC(=O)OC(C)(C)C)C2CCC2)c1. The zero-order valence-electron chi connectivity index (χ0n) is 23.9. The molecule has 40 heavy (non-hydrogen) atoms. The molecule has 0 spiro atoms. The van der Waals surface area contributed by atoms with Gasteiger partial charge in [0.05, 0.1) is 6.61 Å². The summed E-state index contributed by atoms with van der Waals surface area (Å²) in [5.74, 6) is -0.898. The number of nitrogens with one attached hydrogen (secondary N) is 2. The van der Waals surface area contributed by atoms with Crippen molar-refractivity contribution < 1.29 is 24.2 Å². The predicted molar refractivity (Wildman–Crippen MR) is 156 cm³/mol. The van der Waals surface area contributed by atoms with E-state index >= 15 is 0 Å². The maximum atomic E-state index is 14.1. The van der Waals surface area contributed by atoms with Crippen LogP contribution in [0, 0.1) is 13.8 Å². The van der Waals surface area contributed by atoms with Gasteiger partial charge in [-0.05, 0) is 82.3 Å². The first-order valence-electron chi connectivity index (χ1n) is 13.8. The Hall–Kier alpha value is -3.91. The van der Waals surface area contributed by atoms with Gasteiger partial charge < -0.3 is 25.4 Å². The normalized spacial score (nSPS) is 15.1. The number of fused-ring (bicyclic) bond motifs is 1. The van der Waals surface area contributed by atoms with Gasteiger partial charge in [0, 0.05) is 11.7 Å². The average Bonchev–Trinajstić information content (AvgIpc) is 2.83. The van der Waals surface area contributed by atoms with E-state index in [-0.39, 0.29) is 11.9 Å². The summed E-state index contributed by atoms with van der Waals surface area (Å²) in [7, 11) is 0. The number of benzene rings is 3. The molecule has 3 N–H and O–H groups in total. The highest BCUT2D eigenvalue weighted by molar-refractivity contribution is 6.00. The first kappa shape index (κ1) is 29.1. The number of carbonyl (C=O) groups is 3. The van der Waals surface area contributed by atoms with Crippen molar-refractivity contribution in [3.05, 3.63) is 77.4 Å². The molecular formula is C32H39N3O5. The van der Waals surface area contributed by atoms with Crippen molar-refractivity contribution in [2.75, 3.05) is 11.9 Å². The first-order valence-corrected chi connectivity index (χ1v) is 13.8. The van der Waals surface area contributed by atoms with Crippen molar-refractivity contribution in [3.63, 3.8) is 0 Å². The highest BCUT2D eigenvalue weighted by Gasteiger charge is 2.42. The van der Waals surface area contributed by atoms with Gasteiger partial charge in [-0.2, -0.15) is 0 Å². The standard InChI is InChI=1S/C32H39N3O5/c1-20-15-21(2)17-24(16-20)28(29(37)33-25-14-13-22-9-6-7-10-23(22)18-25)35(26-11-8-12-26)30(38)27(19-36)34-31(39)40-32(3,4)5/h6-7,9-10,13-18,26-28,36H,8,11-12,19H2,1-5H3,(H,33,37)(H,34,39). The van der Waals surface area contributed by atoms with Gasteiger partial charge in [0.2, 0.25) is 5.91 Å². The number of carbonyl (C=O) groups excluding carboxylic acids is 3. The molecule has 1 fully saturated rings. The summed E-state index contributed by atoms with van der Waals surface area (Å²) in [6, 6.07) is 16.9. The highest BCUT2D eigenvalue weighted by Crippen LogP contribution is 2.35. The molecule has 1 aliphatic carbocycles. The van der Waals surface area contributed by atoms with E-state index in [1.807, 2.05) is 74.5 Å². The second-order valence-corrected chi connectivity index (χ2v) is 11.6. The lowest BCUT2D eigenvalue weighted by molar-refractivity contribution is -0.146. The maximum absolute atomic E-state index is 14.1. The second kappa shape index (κ2) is 12.1. The Balaban J connectivity index is 1.71. The van der Waals surface area contributed by atoms with Crippen LogP contribution >= 0.6 is 0 Å². The number of aliphatic hydroxyl groups excluding tert-OH is 1. The third-order valence-corrected chi connectivity index (χ3v) is 7.00. The van der Waals surface area contributed by atoms with Gasteiger partial charge in [0.25, 0.3) is 5.91 Å². The molecule has 212 valence electrons. The van der Waals surface area contributed by atoms with E-state index in [4.69, 9.17) is 4.74 Å². The quantitative estimate of drug-likeness (QED) is 0.351. The van der Waals surface area contributed by atoms with E-state index in [0.29, 0.717) is 11.3 Å². The number of alkyl carbamates (subject to hydrolysis) is 1. The summed E-state index contributed by atoms with van der Waals surface area (Å²) in [5.41, 5.74) is 2.44. The number of ether oxygens (including phenoxy) is 1. The van der Waals surface area contributed by atoms with Crippen LogP contribution in [-0.4, -0.2) is 52.2 Å².